The Hall–Kier alpha value is -1.19. The molecule has 0 aliphatic carbocycles. The molecular formula is C7H13NO7S. The van der Waals surface area contributed by atoms with Crippen LogP contribution in [-0.4, -0.2) is 53.5 Å². The zero-order chi connectivity index (χ0) is 12.8. The summed E-state index contributed by atoms with van der Waals surface area (Å²) in [6.45, 7) is -0.00988. The van der Waals surface area contributed by atoms with E-state index in [1.807, 2.05) is 0 Å². The minimum atomic E-state index is -4.07. The molecule has 0 amide bonds. The summed E-state index contributed by atoms with van der Waals surface area (Å²) in [5.41, 5.74) is 0. The van der Waals surface area contributed by atoms with Crippen LogP contribution in [0.25, 0.3) is 0 Å². The van der Waals surface area contributed by atoms with Crippen molar-refractivity contribution in [2.45, 2.75) is 18.9 Å². The molecule has 8 nitrogen and oxygen atoms in total. The summed E-state index contributed by atoms with van der Waals surface area (Å²) in [6, 6.07) is -1.26. The predicted molar refractivity (Wildman–Crippen MR) is 52.7 cm³/mol. The summed E-state index contributed by atoms with van der Waals surface area (Å²) < 4.78 is 29.0. The van der Waals surface area contributed by atoms with E-state index in [0.29, 0.717) is 0 Å². The summed E-state index contributed by atoms with van der Waals surface area (Å²) in [5, 5.41) is 19.3. The van der Waals surface area contributed by atoms with Crippen LogP contribution in [0.4, 0.5) is 0 Å². The van der Waals surface area contributed by atoms with Crippen molar-refractivity contribution in [3.05, 3.63) is 0 Å². The van der Waals surface area contributed by atoms with Crippen LogP contribution in [0.1, 0.15) is 12.8 Å². The van der Waals surface area contributed by atoms with Gasteiger partial charge in [-0.1, -0.05) is 0 Å². The van der Waals surface area contributed by atoms with Crippen molar-refractivity contribution < 1.29 is 32.8 Å². The molecule has 0 aliphatic rings. The van der Waals surface area contributed by atoms with Crippen LogP contribution in [-0.2, 0) is 19.7 Å². The van der Waals surface area contributed by atoms with Gasteiger partial charge in [0.25, 0.3) is 10.1 Å². The van der Waals surface area contributed by atoms with E-state index < -0.39 is 40.3 Å². The number of aliphatic carboxylic acids is 2. The highest BCUT2D eigenvalue weighted by Crippen LogP contribution is 1.94. The molecule has 9 heteroatoms. The Morgan fingerprint density at radius 1 is 1.25 bits per heavy atom. The third kappa shape index (κ3) is 8.15. The fourth-order valence-corrected chi connectivity index (χ4v) is 1.46. The number of hydrogen-bond donors (Lipinski definition) is 4. The second-order valence-electron chi connectivity index (χ2n) is 3.08. The van der Waals surface area contributed by atoms with E-state index in [-0.39, 0.29) is 13.0 Å². The van der Waals surface area contributed by atoms with E-state index in [1.165, 1.54) is 0 Å². The Bertz CT molecular complexity index is 350. The molecule has 0 saturated heterocycles. The maximum Gasteiger partial charge on any atom is 0.321 e. The van der Waals surface area contributed by atoms with Crippen molar-refractivity contribution in [2.24, 2.45) is 0 Å². The fourth-order valence-electron chi connectivity index (χ4n) is 0.952. The largest absolute Gasteiger partial charge is 0.481 e. The highest BCUT2D eigenvalue weighted by atomic mass is 32.2. The van der Waals surface area contributed by atoms with Crippen LogP contribution in [0.2, 0.25) is 0 Å². The van der Waals surface area contributed by atoms with Crippen molar-refractivity contribution >= 4 is 22.1 Å². The lowest BCUT2D eigenvalue weighted by Gasteiger charge is -2.11. The van der Waals surface area contributed by atoms with Gasteiger partial charge in [-0.15, -0.1) is 0 Å². The highest BCUT2D eigenvalue weighted by molar-refractivity contribution is 7.85. The smallest absolute Gasteiger partial charge is 0.321 e. The maximum atomic E-state index is 10.5. The normalized spacial score (nSPS) is 13.3. The Morgan fingerprint density at radius 3 is 2.19 bits per heavy atom. The molecular weight excluding hydrogens is 242 g/mol. The van der Waals surface area contributed by atoms with Gasteiger partial charge in [0.15, 0.2) is 0 Å². The van der Waals surface area contributed by atoms with E-state index in [2.05, 4.69) is 5.32 Å². The minimum absolute atomic E-state index is 0.00221. The van der Waals surface area contributed by atoms with Crippen molar-refractivity contribution in [3.63, 3.8) is 0 Å². The van der Waals surface area contributed by atoms with Gasteiger partial charge in [-0.25, -0.2) is 0 Å². The topological polar surface area (TPSA) is 141 Å². The monoisotopic (exact) mass is 255 g/mol. The molecule has 0 aliphatic heterocycles. The van der Waals surface area contributed by atoms with Gasteiger partial charge in [-0.2, -0.15) is 8.42 Å². The van der Waals surface area contributed by atoms with Crippen molar-refractivity contribution in [2.75, 3.05) is 12.3 Å². The predicted octanol–water partition coefficient (Wildman–Crippen LogP) is -1.22. The van der Waals surface area contributed by atoms with Crippen molar-refractivity contribution in [1.29, 1.82) is 0 Å². The van der Waals surface area contributed by atoms with Crippen LogP contribution in [0.5, 0.6) is 0 Å². The number of carboxylic acids is 2. The second kappa shape index (κ2) is 6.40. The molecule has 16 heavy (non-hydrogen) atoms. The molecule has 0 radical (unpaired) electrons. The molecule has 0 aromatic heterocycles. The van der Waals surface area contributed by atoms with Crippen LogP contribution >= 0.6 is 0 Å². The first kappa shape index (κ1) is 14.8. The number of carbonyl (C=O) groups is 2. The average molecular weight is 255 g/mol. The molecule has 0 fully saturated rings. The average Bonchev–Trinajstić information content (AvgIpc) is 2.07. The molecule has 94 valence electrons. The summed E-state index contributed by atoms with van der Waals surface area (Å²) >= 11 is 0. The Labute approximate surface area is 92.0 Å². The zero-order valence-corrected chi connectivity index (χ0v) is 9.11. The van der Waals surface area contributed by atoms with Gasteiger partial charge in [0.1, 0.15) is 6.04 Å². The fraction of sp³-hybridized carbons (Fsp3) is 0.714. The molecule has 0 bridgehead atoms. The van der Waals surface area contributed by atoms with Crippen LogP contribution in [0, 0.1) is 0 Å². The number of rotatable bonds is 8. The number of nitrogens with one attached hydrogen (secondary N) is 1. The Balaban J connectivity index is 3.95. The van der Waals surface area contributed by atoms with Crippen LogP contribution in [0.15, 0.2) is 0 Å². The lowest BCUT2D eigenvalue weighted by molar-refractivity contribution is -0.145. The first-order chi connectivity index (χ1) is 7.22. The SMILES string of the molecule is O=C(O)CC(NCCCS(=O)(=O)O)C(=O)O. The molecule has 4 N–H and O–H groups in total. The van der Waals surface area contributed by atoms with E-state index in [1.54, 1.807) is 0 Å². The van der Waals surface area contributed by atoms with Gasteiger partial charge in [0.2, 0.25) is 0 Å². The minimum Gasteiger partial charge on any atom is -0.481 e. The maximum absolute atomic E-state index is 10.5. The zero-order valence-electron chi connectivity index (χ0n) is 8.29. The molecule has 1 atom stereocenters. The third-order valence-corrected chi connectivity index (χ3v) is 2.45. The molecule has 0 rings (SSSR count). The van der Waals surface area contributed by atoms with Gasteiger partial charge in [0, 0.05) is 0 Å². The first-order valence-corrected chi connectivity index (χ1v) is 5.96. The summed E-state index contributed by atoms with van der Waals surface area (Å²) in [5.74, 6) is -3.09. The Kier molecular flexibility index (Phi) is 5.93. The summed E-state index contributed by atoms with van der Waals surface area (Å²) in [4.78, 5) is 20.8. The van der Waals surface area contributed by atoms with E-state index in [0.717, 1.165) is 0 Å². The van der Waals surface area contributed by atoms with Gasteiger partial charge < -0.3 is 15.5 Å². The Morgan fingerprint density at radius 2 is 1.81 bits per heavy atom. The van der Waals surface area contributed by atoms with Gasteiger partial charge in [0.05, 0.1) is 12.2 Å². The first-order valence-electron chi connectivity index (χ1n) is 4.35. The number of carboxylic acid groups (broad SMARTS) is 2. The van der Waals surface area contributed by atoms with Gasteiger partial charge in [-0.3, -0.25) is 14.1 Å². The van der Waals surface area contributed by atoms with E-state index >= 15 is 0 Å². The quantitative estimate of drug-likeness (QED) is 0.312. The van der Waals surface area contributed by atoms with Crippen molar-refractivity contribution in [3.8, 4) is 0 Å². The molecule has 0 aromatic rings. The third-order valence-electron chi connectivity index (χ3n) is 1.65. The van der Waals surface area contributed by atoms with E-state index in [9.17, 15) is 18.0 Å². The molecule has 0 heterocycles. The number of hydrogen-bond acceptors (Lipinski definition) is 5. The van der Waals surface area contributed by atoms with E-state index in [4.69, 9.17) is 14.8 Å². The van der Waals surface area contributed by atoms with Gasteiger partial charge in [-0.05, 0) is 13.0 Å². The van der Waals surface area contributed by atoms with Gasteiger partial charge >= 0.3 is 11.9 Å². The highest BCUT2D eigenvalue weighted by Gasteiger charge is 2.19. The van der Waals surface area contributed by atoms with Crippen molar-refractivity contribution in [1.82, 2.24) is 5.32 Å². The standard InChI is InChI=1S/C7H13NO7S/c9-6(10)4-5(7(11)12)8-2-1-3-16(13,14)15/h5,8H,1-4H2,(H,9,10)(H,11,12)(H,13,14,15). The lowest BCUT2D eigenvalue weighted by Crippen LogP contribution is -2.39. The molecule has 0 saturated carbocycles. The molecule has 0 spiro atoms. The lowest BCUT2D eigenvalue weighted by atomic mass is 10.2. The van der Waals surface area contributed by atoms with Crippen LogP contribution < -0.4 is 5.32 Å². The summed E-state index contributed by atoms with van der Waals surface area (Å²) in [7, 11) is -4.07. The summed E-state index contributed by atoms with van der Waals surface area (Å²) in [6.07, 6.45) is -0.594. The van der Waals surface area contributed by atoms with Crippen LogP contribution in [0.3, 0.4) is 0 Å². The second-order valence-corrected chi connectivity index (χ2v) is 4.65. The molecule has 1 unspecified atom stereocenters. The molecule has 0 aromatic carbocycles.